The van der Waals surface area contributed by atoms with Crippen LogP contribution < -0.4 is 5.32 Å². The molecule has 0 heterocycles. The van der Waals surface area contributed by atoms with Crippen LogP contribution in [-0.4, -0.2) is 12.6 Å². The summed E-state index contributed by atoms with van der Waals surface area (Å²) in [5.41, 5.74) is 0.362. The van der Waals surface area contributed by atoms with Gasteiger partial charge in [-0.2, -0.15) is 0 Å². The molecule has 0 aromatic carbocycles. The molecule has 0 rings (SSSR count). The van der Waals surface area contributed by atoms with Gasteiger partial charge in [-0.15, -0.1) is 6.58 Å². The molecule has 1 N–H and O–H groups in total. The van der Waals surface area contributed by atoms with Crippen molar-refractivity contribution in [1.29, 1.82) is 0 Å². The Morgan fingerprint density at radius 3 is 2.36 bits per heavy atom. The van der Waals surface area contributed by atoms with Gasteiger partial charge < -0.3 is 5.32 Å². The molecule has 0 aromatic rings. The van der Waals surface area contributed by atoms with Crippen LogP contribution in [0.1, 0.15) is 34.1 Å². The summed E-state index contributed by atoms with van der Waals surface area (Å²) < 4.78 is 0. The van der Waals surface area contributed by atoms with Crippen LogP contribution in [0, 0.1) is 5.41 Å². The van der Waals surface area contributed by atoms with E-state index in [0.29, 0.717) is 11.5 Å². The molecule has 0 saturated carbocycles. The summed E-state index contributed by atoms with van der Waals surface area (Å²) in [6, 6.07) is 0.572. The molecule has 1 unspecified atom stereocenters. The first-order valence-electron chi connectivity index (χ1n) is 4.32. The van der Waals surface area contributed by atoms with Crippen molar-refractivity contribution in [1.82, 2.24) is 5.32 Å². The molecule has 0 amide bonds. The van der Waals surface area contributed by atoms with Gasteiger partial charge in [0, 0.05) is 6.04 Å². The Kier molecular flexibility index (Phi) is 4.43. The summed E-state index contributed by atoms with van der Waals surface area (Å²) in [6.07, 6.45) is 3.00. The van der Waals surface area contributed by atoms with Crippen LogP contribution >= 0.6 is 0 Å². The molecular weight excluding hydrogens is 134 g/mol. The van der Waals surface area contributed by atoms with Gasteiger partial charge in [0.2, 0.25) is 0 Å². The smallest absolute Gasteiger partial charge is 0.00873 e. The standard InChI is InChI=1S/C10H21N/c1-6-7-8-11-9(2)10(3,4)5/h6,9,11H,1,7-8H2,2-5H3. The Morgan fingerprint density at radius 1 is 1.45 bits per heavy atom. The molecule has 1 heteroatoms. The molecule has 0 radical (unpaired) electrons. The van der Waals surface area contributed by atoms with Crippen LogP contribution in [0.3, 0.4) is 0 Å². The zero-order valence-corrected chi connectivity index (χ0v) is 8.28. The van der Waals surface area contributed by atoms with Crippen molar-refractivity contribution in [3.8, 4) is 0 Å². The summed E-state index contributed by atoms with van der Waals surface area (Å²) in [6.45, 7) is 13.7. The van der Waals surface area contributed by atoms with Gasteiger partial charge in [0.25, 0.3) is 0 Å². The van der Waals surface area contributed by atoms with Gasteiger partial charge in [0.05, 0.1) is 0 Å². The largest absolute Gasteiger partial charge is 0.313 e. The molecule has 11 heavy (non-hydrogen) atoms. The lowest BCUT2D eigenvalue weighted by molar-refractivity contribution is 0.288. The maximum Gasteiger partial charge on any atom is 0.00873 e. The Labute approximate surface area is 70.9 Å². The van der Waals surface area contributed by atoms with Crippen LogP contribution in [0.25, 0.3) is 0 Å². The summed E-state index contributed by atoms with van der Waals surface area (Å²) in [4.78, 5) is 0. The highest BCUT2D eigenvalue weighted by Crippen LogP contribution is 2.18. The molecule has 0 spiro atoms. The lowest BCUT2D eigenvalue weighted by Crippen LogP contribution is -2.37. The number of hydrogen-bond donors (Lipinski definition) is 1. The number of nitrogens with one attached hydrogen (secondary N) is 1. The SMILES string of the molecule is C=CCCNC(C)C(C)(C)C. The van der Waals surface area contributed by atoms with Crippen molar-refractivity contribution in [2.24, 2.45) is 5.41 Å². The molecule has 66 valence electrons. The third-order valence-electron chi connectivity index (χ3n) is 2.10. The second kappa shape index (κ2) is 4.55. The summed E-state index contributed by atoms with van der Waals surface area (Å²) in [5, 5.41) is 3.45. The zero-order chi connectivity index (χ0) is 8.91. The minimum atomic E-state index is 0.362. The third-order valence-corrected chi connectivity index (χ3v) is 2.10. The van der Waals surface area contributed by atoms with Crippen molar-refractivity contribution in [2.45, 2.75) is 40.2 Å². The molecular formula is C10H21N. The second-order valence-electron chi connectivity index (χ2n) is 4.12. The fourth-order valence-electron chi connectivity index (χ4n) is 0.708. The Hall–Kier alpha value is -0.300. The Morgan fingerprint density at radius 2 is 2.00 bits per heavy atom. The first kappa shape index (κ1) is 10.7. The van der Waals surface area contributed by atoms with E-state index in [0.717, 1.165) is 13.0 Å². The first-order chi connectivity index (χ1) is 4.98. The van der Waals surface area contributed by atoms with Crippen molar-refractivity contribution < 1.29 is 0 Å². The second-order valence-corrected chi connectivity index (χ2v) is 4.12. The van der Waals surface area contributed by atoms with Crippen LogP contribution in [0.15, 0.2) is 12.7 Å². The maximum atomic E-state index is 3.68. The minimum absolute atomic E-state index is 0.362. The third kappa shape index (κ3) is 5.02. The van der Waals surface area contributed by atoms with Crippen molar-refractivity contribution in [3.05, 3.63) is 12.7 Å². The van der Waals surface area contributed by atoms with Gasteiger partial charge in [-0.05, 0) is 25.3 Å². The number of hydrogen-bond acceptors (Lipinski definition) is 1. The van der Waals surface area contributed by atoms with Crippen molar-refractivity contribution >= 4 is 0 Å². The molecule has 0 saturated heterocycles. The highest BCUT2D eigenvalue weighted by atomic mass is 14.9. The average molecular weight is 155 g/mol. The molecule has 0 bridgehead atoms. The summed E-state index contributed by atoms with van der Waals surface area (Å²) in [7, 11) is 0. The molecule has 0 aromatic heterocycles. The lowest BCUT2D eigenvalue weighted by atomic mass is 9.88. The summed E-state index contributed by atoms with van der Waals surface area (Å²) >= 11 is 0. The van der Waals surface area contributed by atoms with Crippen LogP contribution in [0.4, 0.5) is 0 Å². The van der Waals surface area contributed by atoms with E-state index in [1.807, 2.05) is 6.08 Å². The lowest BCUT2D eigenvalue weighted by Gasteiger charge is -2.28. The van der Waals surface area contributed by atoms with E-state index >= 15 is 0 Å². The predicted octanol–water partition coefficient (Wildman–Crippen LogP) is 2.59. The molecule has 0 fully saturated rings. The minimum Gasteiger partial charge on any atom is -0.313 e. The maximum absolute atomic E-state index is 3.68. The topological polar surface area (TPSA) is 12.0 Å². The van der Waals surface area contributed by atoms with E-state index in [1.165, 1.54) is 0 Å². The van der Waals surface area contributed by atoms with E-state index in [1.54, 1.807) is 0 Å². The predicted molar refractivity (Wildman–Crippen MR) is 51.7 cm³/mol. The van der Waals surface area contributed by atoms with Gasteiger partial charge in [-0.25, -0.2) is 0 Å². The highest BCUT2D eigenvalue weighted by molar-refractivity contribution is 4.77. The first-order valence-corrected chi connectivity index (χ1v) is 4.32. The number of rotatable bonds is 4. The van der Waals surface area contributed by atoms with Crippen LogP contribution in [0.5, 0.6) is 0 Å². The molecule has 0 aliphatic carbocycles. The monoisotopic (exact) mass is 155 g/mol. The average Bonchev–Trinajstić information content (AvgIpc) is 1.86. The van der Waals surface area contributed by atoms with Gasteiger partial charge in [-0.1, -0.05) is 26.8 Å². The normalized spacial score (nSPS) is 14.5. The van der Waals surface area contributed by atoms with Crippen LogP contribution in [0.2, 0.25) is 0 Å². The van der Waals surface area contributed by atoms with Gasteiger partial charge in [0.1, 0.15) is 0 Å². The van der Waals surface area contributed by atoms with E-state index in [-0.39, 0.29) is 0 Å². The van der Waals surface area contributed by atoms with E-state index < -0.39 is 0 Å². The zero-order valence-electron chi connectivity index (χ0n) is 8.28. The fourth-order valence-corrected chi connectivity index (χ4v) is 0.708. The van der Waals surface area contributed by atoms with Crippen LogP contribution in [-0.2, 0) is 0 Å². The van der Waals surface area contributed by atoms with Crippen molar-refractivity contribution in [3.63, 3.8) is 0 Å². The summed E-state index contributed by atoms with van der Waals surface area (Å²) in [5.74, 6) is 0. The molecule has 0 aliphatic heterocycles. The quantitative estimate of drug-likeness (QED) is 0.486. The van der Waals surface area contributed by atoms with Gasteiger partial charge in [-0.3, -0.25) is 0 Å². The van der Waals surface area contributed by atoms with Gasteiger partial charge >= 0.3 is 0 Å². The highest BCUT2D eigenvalue weighted by Gasteiger charge is 2.18. The van der Waals surface area contributed by atoms with Crippen molar-refractivity contribution in [2.75, 3.05) is 6.54 Å². The van der Waals surface area contributed by atoms with E-state index in [9.17, 15) is 0 Å². The molecule has 1 nitrogen and oxygen atoms in total. The fraction of sp³-hybridized carbons (Fsp3) is 0.800. The van der Waals surface area contributed by atoms with E-state index in [4.69, 9.17) is 0 Å². The molecule has 0 aliphatic rings. The Bertz CT molecular complexity index is 111. The molecule has 1 atom stereocenters. The van der Waals surface area contributed by atoms with Gasteiger partial charge in [0.15, 0.2) is 0 Å². The Balaban J connectivity index is 3.52. The van der Waals surface area contributed by atoms with E-state index in [2.05, 4.69) is 39.6 Å².